The first kappa shape index (κ1) is 12.9. The van der Waals surface area contributed by atoms with Crippen molar-refractivity contribution in [3.8, 4) is 0 Å². The second-order valence-electron chi connectivity index (χ2n) is 4.47. The van der Waals surface area contributed by atoms with E-state index >= 15 is 0 Å². The molecular formula is C11H25NO. The lowest BCUT2D eigenvalue weighted by atomic mass is 10.0. The standard InChI is InChI=1S/C11H25NO/c1-6-9(3)10(12)8-13-11(4,5)7-2/h9-10H,6-8,12H2,1-5H3. The Bertz CT molecular complexity index is 134. The molecule has 2 heteroatoms. The van der Waals surface area contributed by atoms with Crippen LogP contribution in [-0.2, 0) is 4.74 Å². The van der Waals surface area contributed by atoms with Gasteiger partial charge in [-0.3, -0.25) is 0 Å². The number of hydrogen-bond acceptors (Lipinski definition) is 2. The lowest BCUT2D eigenvalue weighted by Crippen LogP contribution is -2.37. The quantitative estimate of drug-likeness (QED) is 0.693. The first-order chi connectivity index (χ1) is 5.93. The van der Waals surface area contributed by atoms with Gasteiger partial charge in [-0.25, -0.2) is 0 Å². The molecule has 0 aromatic carbocycles. The van der Waals surface area contributed by atoms with Crippen LogP contribution in [0.1, 0.15) is 47.5 Å². The maximum absolute atomic E-state index is 5.96. The highest BCUT2D eigenvalue weighted by Crippen LogP contribution is 2.15. The summed E-state index contributed by atoms with van der Waals surface area (Å²) in [5.74, 6) is 0.549. The predicted molar refractivity (Wildman–Crippen MR) is 57.8 cm³/mol. The van der Waals surface area contributed by atoms with Crippen molar-refractivity contribution in [3.63, 3.8) is 0 Å². The van der Waals surface area contributed by atoms with E-state index in [9.17, 15) is 0 Å². The van der Waals surface area contributed by atoms with Crippen molar-refractivity contribution < 1.29 is 4.74 Å². The minimum atomic E-state index is -0.0227. The minimum absolute atomic E-state index is 0.0227. The van der Waals surface area contributed by atoms with Crippen molar-refractivity contribution in [2.75, 3.05) is 6.61 Å². The van der Waals surface area contributed by atoms with Gasteiger partial charge in [-0.2, -0.15) is 0 Å². The lowest BCUT2D eigenvalue weighted by Gasteiger charge is -2.27. The Morgan fingerprint density at radius 3 is 2.23 bits per heavy atom. The van der Waals surface area contributed by atoms with E-state index in [1.54, 1.807) is 0 Å². The van der Waals surface area contributed by atoms with Crippen LogP contribution < -0.4 is 5.73 Å². The maximum Gasteiger partial charge on any atom is 0.0627 e. The first-order valence-corrected chi connectivity index (χ1v) is 5.32. The van der Waals surface area contributed by atoms with Crippen LogP contribution in [0, 0.1) is 5.92 Å². The summed E-state index contributed by atoms with van der Waals surface area (Å²) in [6.07, 6.45) is 2.15. The van der Waals surface area contributed by atoms with E-state index in [4.69, 9.17) is 10.5 Å². The van der Waals surface area contributed by atoms with Crippen molar-refractivity contribution in [3.05, 3.63) is 0 Å². The third kappa shape index (κ3) is 5.27. The van der Waals surface area contributed by atoms with Gasteiger partial charge < -0.3 is 10.5 Å². The number of ether oxygens (including phenoxy) is 1. The highest BCUT2D eigenvalue weighted by atomic mass is 16.5. The Balaban J connectivity index is 3.75. The summed E-state index contributed by atoms with van der Waals surface area (Å²) < 4.78 is 5.74. The average Bonchev–Trinajstić information content (AvgIpc) is 2.13. The summed E-state index contributed by atoms with van der Waals surface area (Å²) in [6, 6.07) is 0.177. The molecule has 0 saturated carbocycles. The predicted octanol–water partition coefficient (Wildman–Crippen LogP) is 2.57. The zero-order chi connectivity index (χ0) is 10.5. The smallest absolute Gasteiger partial charge is 0.0627 e. The van der Waals surface area contributed by atoms with Gasteiger partial charge in [0.1, 0.15) is 0 Å². The maximum atomic E-state index is 5.96. The summed E-state index contributed by atoms with van der Waals surface area (Å²) in [5.41, 5.74) is 5.94. The van der Waals surface area contributed by atoms with Crippen molar-refractivity contribution in [2.24, 2.45) is 11.7 Å². The molecule has 0 aromatic heterocycles. The van der Waals surface area contributed by atoms with E-state index < -0.39 is 0 Å². The molecule has 0 aromatic rings. The Hall–Kier alpha value is -0.0800. The molecule has 0 fully saturated rings. The molecule has 0 aliphatic rings. The summed E-state index contributed by atoms with van der Waals surface area (Å²) in [4.78, 5) is 0. The average molecular weight is 187 g/mol. The zero-order valence-electron chi connectivity index (χ0n) is 9.76. The van der Waals surface area contributed by atoms with E-state index in [0.717, 1.165) is 12.8 Å². The molecule has 2 atom stereocenters. The summed E-state index contributed by atoms with van der Waals surface area (Å²) in [7, 11) is 0. The molecule has 0 aliphatic heterocycles. The molecule has 0 saturated heterocycles. The molecule has 2 unspecified atom stereocenters. The molecule has 0 amide bonds. The molecular weight excluding hydrogens is 162 g/mol. The van der Waals surface area contributed by atoms with E-state index in [2.05, 4.69) is 34.6 Å². The Kier molecular flexibility index (Phi) is 5.57. The third-order valence-electron chi connectivity index (χ3n) is 2.89. The highest BCUT2D eigenvalue weighted by molar-refractivity contribution is 4.71. The molecule has 2 N–H and O–H groups in total. The van der Waals surface area contributed by atoms with Gasteiger partial charge in [-0.05, 0) is 26.2 Å². The Labute approximate surface area is 82.8 Å². The molecule has 0 bridgehead atoms. The SMILES string of the molecule is CCC(C)C(N)COC(C)(C)CC. The normalized spacial score (nSPS) is 17.1. The number of nitrogens with two attached hydrogens (primary N) is 1. The first-order valence-electron chi connectivity index (χ1n) is 5.32. The number of rotatable bonds is 6. The topological polar surface area (TPSA) is 35.2 Å². The van der Waals surface area contributed by atoms with Gasteiger partial charge in [-0.1, -0.05) is 27.2 Å². The lowest BCUT2D eigenvalue weighted by molar-refractivity contribution is -0.0316. The second kappa shape index (κ2) is 5.61. The summed E-state index contributed by atoms with van der Waals surface area (Å²) in [5, 5.41) is 0. The molecule has 0 radical (unpaired) electrons. The third-order valence-corrected chi connectivity index (χ3v) is 2.89. The molecule has 80 valence electrons. The number of hydrogen-bond donors (Lipinski definition) is 1. The fourth-order valence-electron chi connectivity index (χ4n) is 0.891. The minimum Gasteiger partial charge on any atom is -0.374 e. The summed E-state index contributed by atoms with van der Waals surface area (Å²) >= 11 is 0. The van der Waals surface area contributed by atoms with Crippen LogP contribution in [-0.4, -0.2) is 18.2 Å². The van der Waals surface area contributed by atoms with Gasteiger partial charge in [0.05, 0.1) is 12.2 Å². The van der Waals surface area contributed by atoms with Crippen LogP contribution in [0.3, 0.4) is 0 Å². The largest absolute Gasteiger partial charge is 0.374 e. The van der Waals surface area contributed by atoms with Gasteiger partial charge in [0.15, 0.2) is 0 Å². The van der Waals surface area contributed by atoms with E-state index in [0.29, 0.717) is 12.5 Å². The molecule has 0 heterocycles. The van der Waals surface area contributed by atoms with Crippen LogP contribution in [0.2, 0.25) is 0 Å². The van der Waals surface area contributed by atoms with Crippen LogP contribution in [0.25, 0.3) is 0 Å². The van der Waals surface area contributed by atoms with Crippen LogP contribution in [0.5, 0.6) is 0 Å². The van der Waals surface area contributed by atoms with Crippen molar-refractivity contribution >= 4 is 0 Å². The molecule has 0 rings (SSSR count). The Morgan fingerprint density at radius 2 is 1.85 bits per heavy atom. The van der Waals surface area contributed by atoms with Crippen LogP contribution in [0.15, 0.2) is 0 Å². The molecule has 0 aliphatic carbocycles. The summed E-state index contributed by atoms with van der Waals surface area (Å²) in [6.45, 7) is 11.4. The van der Waals surface area contributed by atoms with Gasteiger partial charge in [-0.15, -0.1) is 0 Å². The van der Waals surface area contributed by atoms with Crippen LogP contribution >= 0.6 is 0 Å². The fraction of sp³-hybridized carbons (Fsp3) is 1.00. The monoisotopic (exact) mass is 187 g/mol. The van der Waals surface area contributed by atoms with Gasteiger partial charge in [0.2, 0.25) is 0 Å². The highest BCUT2D eigenvalue weighted by Gasteiger charge is 2.18. The van der Waals surface area contributed by atoms with Gasteiger partial charge in [0, 0.05) is 6.04 Å². The molecule has 2 nitrogen and oxygen atoms in total. The fourth-order valence-corrected chi connectivity index (χ4v) is 0.891. The van der Waals surface area contributed by atoms with Gasteiger partial charge in [0.25, 0.3) is 0 Å². The van der Waals surface area contributed by atoms with Crippen molar-refractivity contribution in [1.82, 2.24) is 0 Å². The van der Waals surface area contributed by atoms with E-state index in [1.807, 2.05) is 0 Å². The van der Waals surface area contributed by atoms with E-state index in [-0.39, 0.29) is 11.6 Å². The van der Waals surface area contributed by atoms with Gasteiger partial charge >= 0.3 is 0 Å². The van der Waals surface area contributed by atoms with Crippen molar-refractivity contribution in [2.45, 2.75) is 59.1 Å². The molecule has 13 heavy (non-hydrogen) atoms. The zero-order valence-corrected chi connectivity index (χ0v) is 9.76. The van der Waals surface area contributed by atoms with Crippen LogP contribution in [0.4, 0.5) is 0 Å². The Morgan fingerprint density at radius 1 is 1.31 bits per heavy atom. The second-order valence-corrected chi connectivity index (χ2v) is 4.47. The van der Waals surface area contributed by atoms with E-state index in [1.165, 1.54) is 0 Å². The molecule has 0 spiro atoms. The van der Waals surface area contributed by atoms with Crippen molar-refractivity contribution in [1.29, 1.82) is 0 Å².